The van der Waals surface area contributed by atoms with Gasteiger partial charge in [0.05, 0.1) is 6.61 Å². The molecule has 1 saturated heterocycles. The van der Waals surface area contributed by atoms with Crippen molar-refractivity contribution in [2.45, 2.75) is 27.2 Å². The molecule has 0 atom stereocenters. The highest BCUT2D eigenvalue weighted by molar-refractivity contribution is 6.44. The van der Waals surface area contributed by atoms with Crippen LogP contribution >= 0.6 is 0 Å². The maximum absolute atomic E-state index is 11.9. The number of nitrogens with zero attached hydrogens (tertiary/aromatic N) is 2. The quantitative estimate of drug-likeness (QED) is 0.443. The lowest BCUT2D eigenvalue weighted by Crippen LogP contribution is -2.41. The first-order chi connectivity index (χ1) is 12.2. The second-order valence-electron chi connectivity index (χ2n) is 6.29. The van der Waals surface area contributed by atoms with E-state index in [0.717, 1.165) is 22.4 Å². The van der Waals surface area contributed by atoms with Crippen molar-refractivity contribution in [2.24, 2.45) is 0 Å². The van der Waals surface area contributed by atoms with Gasteiger partial charge in [0.1, 0.15) is 12.3 Å². The third kappa shape index (κ3) is 4.19. The number of hydrogen-bond donors (Lipinski definition) is 1. The molecule has 1 aromatic carbocycles. The van der Waals surface area contributed by atoms with Crippen molar-refractivity contribution < 1.29 is 23.9 Å². The van der Waals surface area contributed by atoms with Gasteiger partial charge in [0.25, 0.3) is 0 Å². The van der Waals surface area contributed by atoms with Crippen LogP contribution in [-0.4, -0.2) is 60.3 Å². The maximum Gasteiger partial charge on any atom is 0.334 e. The number of carbonyl (C=O) groups excluding carboxylic acids is 4. The fourth-order valence-corrected chi connectivity index (χ4v) is 2.59. The number of amides is 5. The molecule has 0 unspecified atom stereocenters. The van der Waals surface area contributed by atoms with E-state index in [0.29, 0.717) is 29.4 Å². The smallest absolute Gasteiger partial charge is 0.334 e. The van der Waals surface area contributed by atoms with Crippen molar-refractivity contribution >= 4 is 23.8 Å². The van der Waals surface area contributed by atoms with Gasteiger partial charge in [-0.3, -0.25) is 19.3 Å². The number of ether oxygens (including phenoxy) is 1. The molecule has 26 heavy (non-hydrogen) atoms. The normalized spacial score (nSPS) is 14.2. The molecular weight excluding hydrogens is 338 g/mol. The van der Waals surface area contributed by atoms with Gasteiger partial charge in [0, 0.05) is 13.6 Å². The zero-order valence-corrected chi connectivity index (χ0v) is 15.4. The van der Waals surface area contributed by atoms with E-state index in [-0.39, 0.29) is 0 Å². The van der Waals surface area contributed by atoms with Crippen LogP contribution in [0.4, 0.5) is 4.79 Å². The van der Waals surface area contributed by atoms with Crippen LogP contribution in [0.3, 0.4) is 0 Å². The lowest BCUT2D eigenvalue weighted by Gasteiger charge is -2.14. The van der Waals surface area contributed by atoms with Gasteiger partial charge >= 0.3 is 17.8 Å². The second kappa shape index (κ2) is 7.99. The summed E-state index contributed by atoms with van der Waals surface area (Å²) in [6, 6.07) is 3.27. The van der Waals surface area contributed by atoms with E-state index >= 15 is 0 Å². The largest absolute Gasteiger partial charge is 0.493 e. The van der Waals surface area contributed by atoms with E-state index in [9.17, 15) is 19.2 Å². The topological polar surface area (TPSA) is 96.0 Å². The van der Waals surface area contributed by atoms with Crippen molar-refractivity contribution in [3.05, 3.63) is 28.8 Å². The number of nitrogens with one attached hydrogen (secondary N) is 1. The summed E-state index contributed by atoms with van der Waals surface area (Å²) in [5, 5.41) is 2.61. The Balaban J connectivity index is 1.74. The van der Waals surface area contributed by atoms with Gasteiger partial charge in [-0.15, -0.1) is 0 Å². The molecule has 0 aromatic heterocycles. The molecule has 1 aliphatic rings. The molecule has 0 radical (unpaired) electrons. The third-order valence-corrected chi connectivity index (χ3v) is 4.22. The first-order valence-electron chi connectivity index (χ1n) is 8.33. The van der Waals surface area contributed by atoms with E-state index in [1.165, 1.54) is 7.05 Å². The van der Waals surface area contributed by atoms with Gasteiger partial charge in [-0.25, -0.2) is 9.69 Å². The van der Waals surface area contributed by atoms with Crippen molar-refractivity contribution in [3.63, 3.8) is 0 Å². The fraction of sp³-hybridized carbons (Fsp3) is 0.444. The second-order valence-corrected chi connectivity index (χ2v) is 6.29. The van der Waals surface area contributed by atoms with E-state index in [1.54, 1.807) is 0 Å². The Morgan fingerprint density at radius 3 is 2.42 bits per heavy atom. The van der Waals surface area contributed by atoms with Crippen LogP contribution in [0.25, 0.3) is 0 Å². The minimum Gasteiger partial charge on any atom is -0.493 e. The summed E-state index contributed by atoms with van der Waals surface area (Å²) >= 11 is 0. The van der Waals surface area contributed by atoms with Crippen LogP contribution in [0.2, 0.25) is 0 Å². The summed E-state index contributed by atoms with van der Waals surface area (Å²) in [6.45, 7) is 6.32. The highest BCUT2D eigenvalue weighted by Gasteiger charge is 2.42. The van der Waals surface area contributed by atoms with Crippen LogP contribution in [0.15, 0.2) is 12.1 Å². The Hall–Kier alpha value is -2.90. The zero-order chi connectivity index (χ0) is 19.4. The van der Waals surface area contributed by atoms with Gasteiger partial charge in [0.2, 0.25) is 5.91 Å². The number of hydrogen-bond acceptors (Lipinski definition) is 5. The molecule has 1 fully saturated rings. The standard InChI is InChI=1S/C18H23N3O5/c1-11-8-12(2)13(3)14(9-11)26-7-5-6-19-15(22)10-21-17(24)16(23)20(4)18(21)25/h8-9H,5-7,10H2,1-4H3,(H,19,22). The van der Waals surface area contributed by atoms with Gasteiger partial charge in [-0.1, -0.05) is 6.07 Å². The molecule has 8 heteroatoms. The van der Waals surface area contributed by atoms with Crippen molar-refractivity contribution in [1.29, 1.82) is 0 Å². The number of urea groups is 1. The summed E-state index contributed by atoms with van der Waals surface area (Å²) in [4.78, 5) is 47.8. The van der Waals surface area contributed by atoms with Crippen LogP contribution in [0.1, 0.15) is 23.1 Å². The lowest BCUT2D eigenvalue weighted by atomic mass is 10.1. The monoisotopic (exact) mass is 361 g/mol. The number of imide groups is 2. The average Bonchev–Trinajstić information content (AvgIpc) is 2.76. The molecule has 0 saturated carbocycles. The van der Waals surface area contributed by atoms with E-state index in [1.807, 2.05) is 26.8 Å². The molecule has 1 aliphatic heterocycles. The maximum atomic E-state index is 11.9. The molecule has 1 heterocycles. The summed E-state index contributed by atoms with van der Waals surface area (Å²) in [7, 11) is 1.20. The molecule has 0 bridgehead atoms. The number of carbonyl (C=O) groups is 4. The van der Waals surface area contributed by atoms with Gasteiger partial charge in [-0.2, -0.15) is 0 Å². The van der Waals surface area contributed by atoms with Crippen molar-refractivity contribution in [1.82, 2.24) is 15.1 Å². The SMILES string of the molecule is Cc1cc(C)c(C)c(OCCCNC(=O)CN2C(=O)C(=O)N(C)C2=O)c1. The van der Waals surface area contributed by atoms with Crippen LogP contribution in [-0.2, 0) is 14.4 Å². The van der Waals surface area contributed by atoms with Crippen molar-refractivity contribution in [3.8, 4) is 5.75 Å². The molecule has 1 aromatic rings. The van der Waals surface area contributed by atoms with Gasteiger partial charge in [0.15, 0.2) is 0 Å². The minimum atomic E-state index is -0.985. The summed E-state index contributed by atoms with van der Waals surface area (Å²) in [5.41, 5.74) is 3.36. The van der Waals surface area contributed by atoms with Gasteiger partial charge in [-0.05, 0) is 49.9 Å². The molecule has 1 N–H and O–H groups in total. The number of aryl methyl sites for hydroxylation is 2. The molecular formula is C18H23N3O5. The predicted octanol–water partition coefficient (Wildman–Crippen LogP) is 0.918. The Labute approximate surface area is 152 Å². The van der Waals surface area contributed by atoms with E-state index in [2.05, 4.69) is 11.4 Å². The Bertz CT molecular complexity index is 759. The highest BCUT2D eigenvalue weighted by Crippen LogP contribution is 2.23. The van der Waals surface area contributed by atoms with Crippen molar-refractivity contribution in [2.75, 3.05) is 26.7 Å². The van der Waals surface area contributed by atoms with E-state index < -0.39 is 30.3 Å². The molecule has 0 aliphatic carbocycles. The minimum absolute atomic E-state index is 0.336. The van der Waals surface area contributed by atoms with Crippen LogP contribution in [0, 0.1) is 20.8 Å². The third-order valence-electron chi connectivity index (χ3n) is 4.22. The molecule has 5 amide bonds. The molecule has 140 valence electrons. The zero-order valence-electron chi connectivity index (χ0n) is 15.4. The molecule has 8 nitrogen and oxygen atoms in total. The first kappa shape index (κ1) is 19.4. The summed E-state index contributed by atoms with van der Waals surface area (Å²) < 4.78 is 5.75. The van der Waals surface area contributed by atoms with E-state index in [4.69, 9.17) is 4.74 Å². The Morgan fingerprint density at radius 1 is 1.12 bits per heavy atom. The summed E-state index contributed by atoms with van der Waals surface area (Å²) in [6.07, 6.45) is 0.568. The molecule has 0 spiro atoms. The predicted molar refractivity (Wildman–Crippen MR) is 93.7 cm³/mol. The lowest BCUT2D eigenvalue weighted by molar-refractivity contribution is -0.143. The number of rotatable bonds is 7. The Morgan fingerprint density at radius 2 is 1.81 bits per heavy atom. The van der Waals surface area contributed by atoms with Crippen LogP contribution < -0.4 is 10.1 Å². The van der Waals surface area contributed by atoms with Gasteiger partial charge < -0.3 is 10.1 Å². The van der Waals surface area contributed by atoms with Crippen LogP contribution in [0.5, 0.6) is 5.75 Å². The fourth-order valence-electron chi connectivity index (χ4n) is 2.59. The summed E-state index contributed by atoms with van der Waals surface area (Å²) in [5.74, 6) is -1.60. The highest BCUT2D eigenvalue weighted by atomic mass is 16.5. The molecule has 2 rings (SSSR count). The Kier molecular flexibility index (Phi) is 5.97. The average molecular weight is 361 g/mol. The number of benzene rings is 1. The first-order valence-corrected chi connectivity index (χ1v) is 8.33. The number of likely N-dealkylation sites (N-methyl/N-ethyl adjacent to an activating group) is 1.